The molecule has 0 amide bonds. The molecule has 0 saturated carbocycles. The van der Waals surface area contributed by atoms with Gasteiger partial charge in [0.15, 0.2) is 24.4 Å². The van der Waals surface area contributed by atoms with Gasteiger partial charge in [-0.3, -0.25) is 0 Å². The molecular formula is C36H44O14. The first-order valence-corrected chi connectivity index (χ1v) is 16.3. The first-order valence-electron chi connectivity index (χ1n) is 16.3. The van der Waals surface area contributed by atoms with E-state index in [0.29, 0.717) is 6.61 Å². The summed E-state index contributed by atoms with van der Waals surface area (Å²) in [6, 6.07) is 17.7. The van der Waals surface area contributed by atoms with Crippen molar-refractivity contribution < 1.29 is 66.9 Å². The number of fused-ring (bicyclic) bond motifs is 2. The highest BCUT2D eigenvalue weighted by molar-refractivity contribution is 6.02. The number of aliphatic hydroxyl groups excluding tert-OH is 1. The Morgan fingerprint density at radius 3 is 1.78 bits per heavy atom. The van der Waals surface area contributed by atoms with E-state index in [0.717, 1.165) is 27.1 Å². The third kappa shape index (κ3) is 11.2. The largest absolute Gasteiger partial charge is 0.467 e. The van der Waals surface area contributed by atoms with Crippen molar-refractivity contribution in [3.63, 3.8) is 0 Å². The van der Waals surface area contributed by atoms with Gasteiger partial charge in [0.2, 0.25) is 0 Å². The Morgan fingerprint density at radius 2 is 1.26 bits per heavy atom. The van der Waals surface area contributed by atoms with Gasteiger partial charge in [-0.2, -0.15) is 0 Å². The molecule has 1 heterocycles. The summed E-state index contributed by atoms with van der Waals surface area (Å²) >= 11 is 0. The van der Waals surface area contributed by atoms with Gasteiger partial charge in [0.25, 0.3) is 0 Å². The van der Waals surface area contributed by atoms with Crippen molar-refractivity contribution >= 4 is 45.4 Å². The number of carbonyl (C=O) groups is 4. The lowest BCUT2D eigenvalue weighted by atomic mass is 9.97. The molecule has 0 aliphatic carbocycles. The summed E-state index contributed by atoms with van der Waals surface area (Å²) in [7, 11) is 2.44. The maximum Gasteiger partial charge on any atom is 0.337 e. The number of methoxy groups -OCH3 is 2. The molecule has 6 unspecified atom stereocenters. The van der Waals surface area contributed by atoms with Crippen molar-refractivity contribution in [3.8, 4) is 0 Å². The van der Waals surface area contributed by atoms with E-state index in [1.54, 1.807) is 6.92 Å². The molecule has 6 atom stereocenters. The minimum atomic E-state index is -1.46. The van der Waals surface area contributed by atoms with E-state index in [2.05, 4.69) is 10.8 Å². The van der Waals surface area contributed by atoms with Crippen LogP contribution in [0.15, 0.2) is 54.6 Å². The van der Waals surface area contributed by atoms with Crippen molar-refractivity contribution in [1.29, 1.82) is 0 Å². The van der Waals surface area contributed by atoms with Crippen molar-refractivity contribution in [2.24, 2.45) is 0 Å². The lowest BCUT2D eigenvalue weighted by Crippen LogP contribution is -2.41. The van der Waals surface area contributed by atoms with Gasteiger partial charge in [-0.05, 0) is 41.0 Å². The van der Waals surface area contributed by atoms with Crippen LogP contribution in [0, 0.1) is 0 Å². The summed E-state index contributed by atoms with van der Waals surface area (Å²) in [6.07, 6.45) is -6.09. The maximum atomic E-state index is 13.3. The molecular weight excluding hydrogens is 656 g/mol. The van der Waals surface area contributed by atoms with E-state index in [1.165, 1.54) is 21.1 Å². The zero-order valence-electron chi connectivity index (χ0n) is 28.6. The van der Waals surface area contributed by atoms with Gasteiger partial charge in [-0.25, -0.2) is 19.2 Å². The van der Waals surface area contributed by atoms with Gasteiger partial charge >= 0.3 is 23.9 Å². The predicted octanol–water partition coefficient (Wildman–Crippen LogP) is 2.66. The van der Waals surface area contributed by atoms with Gasteiger partial charge in [0.05, 0.1) is 39.6 Å². The van der Waals surface area contributed by atoms with Crippen LogP contribution in [0.5, 0.6) is 0 Å². The summed E-state index contributed by atoms with van der Waals surface area (Å²) < 4.78 is 48.2. The second-order valence-electron chi connectivity index (χ2n) is 11.6. The number of hydrogen-bond acceptors (Lipinski definition) is 14. The van der Waals surface area contributed by atoms with Crippen molar-refractivity contribution in [1.82, 2.24) is 0 Å². The highest BCUT2D eigenvalue weighted by Crippen LogP contribution is 2.29. The second kappa shape index (κ2) is 19.3. The minimum absolute atomic E-state index is 0.0159. The zero-order chi connectivity index (χ0) is 36.0. The topological polar surface area (TPSA) is 175 Å². The van der Waals surface area contributed by atoms with Crippen LogP contribution in [0.3, 0.4) is 0 Å². The number of epoxide rings is 1. The number of benzene rings is 3. The van der Waals surface area contributed by atoms with Crippen LogP contribution in [0.25, 0.3) is 21.5 Å². The predicted molar refractivity (Wildman–Crippen MR) is 177 cm³/mol. The molecule has 1 fully saturated rings. The monoisotopic (exact) mass is 700 g/mol. The minimum Gasteiger partial charge on any atom is -0.467 e. The number of carbonyl (C=O) groups excluding carboxylic acids is 4. The summed E-state index contributed by atoms with van der Waals surface area (Å²) in [5.41, 5.74) is 0.846. The average Bonchev–Trinajstić information content (AvgIpc) is 3.96. The van der Waals surface area contributed by atoms with Crippen molar-refractivity contribution in [2.75, 3.05) is 53.9 Å². The highest BCUT2D eigenvalue weighted by Gasteiger charge is 2.33. The number of esters is 4. The molecule has 1 aliphatic heterocycles. The van der Waals surface area contributed by atoms with Gasteiger partial charge in [0.1, 0.15) is 25.9 Å². The summed E-state index contributed by atoms with van der Waals surface area (Å²) in [4.78, 5) is 51.2. The van der Waals surface area contributed by atoms with E-state index in [1.807, 2.05) is 48.5 Å². The Labute approximate surface area is 289 Å². The van der Waals surface area contributed by atoms with Crippen molar-refractivity contribution in [3.05, 3.63) is 60.2 Å². The smallest absolute Gasteiger partial charge is 0.337 e. The molecule has 1 aliphatic rings. The fourth-order valence-electron chi connectivity index (χ4n) is 4.92. The molecule has 3 aromatic rings. The van der Waals surface area contributed by atoms with Gasteiger partial charge in [0, 0.05) is 12.7 Å². The molecule has 4 rings (SSSR count). The van der Waals surface area contributed by atoms with E-state index >= 15 is 0 Å². The molecule has 0 radical (unpaired) electrons. The van der Waals surface area contributed by atoms with Gasteiger partial charge < -0.3 is 47.7 Å². The Bertz CT molecular complexity index is 1530. The summed E-state index contributed by atoms with van der Waals surface area (Å²) in [5.74, 6) is -3.14. The lowest BCUT2D eigenvalue weighted by Gasteiger charge is -2.24. The molecule has 14 nitrogen and oxygen atoms in total. The quantitative estimate of drug-likeness (QED) is 0.0743. The third-order valence-electron chi connectivity index (χ3n) is 7.78. The van der Waals surface area contributed by atoms with Crippen LogP contribution >= 0.6 is 0 Å². The Morgan fingerprint density at radius 1 is 0.740 bits per heavy atom. The molecule has 0 bridgehead atoms. The number of hydrogen-bond donors (Lipinski definition) is 1. The molecule has 3 aromatic carbocycles. The standard InChI is InChI=1S/C36H44O14/c1-5-29(34(39)50-18-28-26-12-8-6-10-23(26)14-24-11-7-9-13-27(24)28)45-20-31(35(40)48-15-22(2)37)47-21-32(36(41)49-17-25-16-44-25)46-19-30(42-3)33(38)43-4/h6-14,22,25,29-32,37H,5,15-21H2,1-4H3. The zero-order valence-corrected chi connectivity index (χ0v) is 28.6. The number of ether oxygens (including phenoxy) is 9. The Hall–Kier alpha value is -4.18. The first kappa shape index (κ1) is 38.6. The van der Waals surface area contributed by atoms with Crippen molar-refractivity contribution in [2.45, 2.75) is 63.5 Å². The molecule has 50 heavy (non-hydrogen) atoms. The van der Waals surface area contributed by atoms with E-state index in [9.17, 15) is 24.3 Å². The Kier molecular flexibility index (Phi) is 14.9. The van der Waals surface area contributed by atoms with Crippen LogP contribution < -0.4 is 0 Å². The van der Waals surface area contributed by atoms with Crippen LogP contribution in [0.1, 0.15) is 25.8 Å². The molecule has 0 spiro atoms. The van der Waals surface area contributed by atoms with Gasteiger partial charge in [-0.1, -0.05) is 55.5 Å². The van der Waals surface area contributed by atoms with Gasteiger partial charge in [-0.15, -0.1) is 0 Å². The number of aliphatic hydroxyl groups is 1. The molecule has 14 heteroatoms. The fourth-order valence-corrected chi connectivity index (χ4v) is 4.92. The van der Waals surface area contributed by atoms with Crippen LogP contribution in [-0.4, -0.2) is 119 Å². The third-order valence-corrected chi connectivity index (χ3v) is 7.78. The molecule has 1 N–H and O–H groups in total. The van der Waals surface area contributed by atoms with E-state index < -0.39 is 74.2 Å². The average molecular weight is 701 g/mol. The highest BCUT2D eigenvalue weighted by atomic mass is 16.6. The molecule has 272 valence electrons. The summed E-state index contributed by atoms with van der Waals surface area (Å²) in [5, 5.41) is 13.6. The second-order valence-corrected chi connectivity index (χ2v) is 11.6. The van der Waals surface area contributed by atoms with E-state index in [-0.39, 0.29) is 32.3 Å². The maximum absolute atomic E-state index is 13.3. The lowest BCUT2D eigenvalue weighted by molar-refractivity contribution is -0.183. The van der Waals surface area contributed by atoms with E-state index in [4.69, 9.17) is 37.9 Å². The molecule has 1 saturated heterocycles. The Balaban J connectivity index is 1.43. The van der Waals surface area contributed by atoms with Crippen LogP contribution in [0.2, 0.25) is 0 Å². The SMILES string of the molecule is CCC(OCC(OCC(OCC(OC)C(=O)OC)C(=O)OCC1CO1)C(=O)OCC(C)O)C(=O)OCc1c2ccccc2cc2ccccc12. The van der Waals surface area contributed by atoms with Crippen LogP contribution in [0.4, 0.5) is 0 Å². The fraction of sp³-hybridized carbons (Fsp3) is 0.500. The van der Waals surface area contributed by atoms with Crippen LogP contribution in [-0.2, 0) is 68.4 Å². The number of rotatable bonds is 21. The first-order chi connectivity index (χ1) is 24.1. The summed E-state index contributed by atoms with van der Waals surface area (Å²) in [6.45, 7) is 1.82. The molecule has 0 aromatic heterocycles. The normalized spacial score (nSPS) is 16.9.